The minimum absolute atomic E-state index is 0. The molecule has 1 aliphatic heterocycles. The van der Waals surface area contributed by atoms with Crippen molar-refractivity contribution in [1.29, 1.82) is 0 Å². The Morgan fingerprint density at radius 3 is 2.21 bits per heavy atom. The summed E-state index contributed by atoms with van der Waals surface area (Å²) in [4.78, 5) is 0. The Balaban J connectivity index is -0.00000147. The molecule has 1 saturated heterocycles. The van der Waals surface area contributed by atoms with Gasteiger partial charge >= 0.3 is 88.7 Å². The largest absolute Gasteiger partial charge is 1.00 e. The first-order chi connectivity index (χ1) is 9.58. The Morgan fingerprint density at radius 2 is 1.79 bits per heavy atom. The maximum atomic E-state index is 10.6. The molecule has 0 aromatic carbocycles. The van der Waals surface area contributed by atoms with Crippen LogP contribution in [-0.4, -0.2) is 66.7 Å². The van der Waals surface area contributed by atoms with Crippen LogP contribution in [0.1, 0.15) is 6.42 Å². The van der Waals surface area contributed by atoms with E-state index in [4.69, 9.17) is 4.74 Å². The molecule has 18 heteroatoms. The maximum Gasteiger partial charge on any atom is 1.00 e. The van der Waals surface area contributed by atoms with Gasteiger partial charge in [0.2, 0.25) is 10.4 Å². The molecule has 12 nitrogen and oxygen atoms in total. The van der Waals surface area contributed by atoms with Crippen molar-refractivity contribution in [2.45, 2.75) is 31.0 Å². The van der Waals surface area contributed by atoms with Gasteiger partial charge in [-0.1, -0.05) is 0 Å². The van der Waals surface area contributed by atoms with Crippen LogP contribution < -0.4 is 93.4 Å². The molecule has 1 aliphatic rings. The summed E-state index contributed by atoms with van der Waals surface area (Å²) in [6.07, 6.45) is -4.77. The zero-order chi connectivity index (χ0) is 16.2. The van der Waals surface area contributed by atoms with Crippen LogP contribution in [0.5, 0.6) is 0 Å². The van der Waals surface area contributed by atoms with Gasteiger partial charge in [0, 0.05) is 17.7 Å². The number of nitrogens with one attached hydrogen (secondary N) is 1. The maximum absolute atomic E-state index is 10.6. The van der Waals surface area contributed by atoms with Gasteiger partial charge in [0.25, 0.3) is 0 Å². The van der Waals surface area contributed by atoms with E-state index in [9.17, 15) is 35.6 Å². The number of hydrogen-bond acceptors (Lipinski definition) is 11. The molecule has 0 aromatic rings. The fraction of sp³-hybridized carbons (Fsp3) is 1.00. The van der Waals surface area contributed by atoms with Gasteiger partial charge in [-0.3, -0.25) is 12.6 Å². The predicted molar refractivity (Wildman–Crippen MR) is 60.8 cm³/mol. The first-order valence-electron chi connectivity index (χ1n) is 5.14. The topological polar surface area (TPSA) is 197 Å². The summed E-state index contributed by atoms with van der Waals surface area (Å²) in [5, 5.41) is 9.58. The fourth-order valence-corrected chi connectivity index (χ4v) is 2.85. The molecule has 24 heavy (non-hydrogen) atoms. The smallest absolute Gasteiger partial charge is 0.760 e. The van der Waals surface area contributed by atoms with Crippen molar-refractivity contribution < 1.29 is 137 Å². The van der Waals surface area contributed by atoms with E-state index in [2.05, 4.69) is 8.37 Å². The Kier molecular flexibility index (Phi) is 19.6. The van der Waals surface area contributed by atoms with Gasteiger partial charge in [-0.15, -0.1) is 0 Å². The third kappa shape index (κ3) is 13.2. The van der Waals surface area contributed by atoms with E-state index in [1.54, 1.807) is 4.72 Å². The summed E-state index contributed by atoms with van der Waals surface area (Å²) in [6, 6.07) is -1.44. The van der Waals surface area contributed by atoms with Gasteiger partial charge in [-0.2, -0.15) is 0 Å². The summed E-state index contributed by atoms with van der Waals surface area (Å²) < 4.78 is 88.0. The summed E-state index contributed by atoms with van der Waals surface area (Å²) in [5.41, 5.74) is 0. The average Bonchev–Trinajstić information content (AvgIpc) is 2.29. The molecule has 5 unspecified atom stereocenters. The van der Waals surface area contributed by atoms with Crippen LogP contribution in [0.3, 0.4) is 0 Å². The Morgan fingerprint density at radius 1 is 1.25 bits per heavy atom. The summed E-state index contributed by atoms with van der Waals surface area (Å²) >= 11 is -5.87. The molecule has 126 valence electrons. The van der Waals surface area contributed by atoms with Gasteiger partial charge in [0.15, 0.2) is 6.29 Å². The number of hydrogen-bond donors (Lipinski definition) is 2. The quantitative estimate of drug-likeness (QED) is 0.166. The van der Waals surface area contributed by atoms with Crippen molar-refractivity contribution in [3.63, 3.8) is 0 Å². The monoisotopic (exact) mass is 437 g/mol. The molecule has 0 radical (unpaired) electrons. The van der Waals surface area contributed by atoms with E-state index in [-0.39, 0.29) is 95.1 Å². The minimum atomic E-state index is -5.00. The standard InChI is InChI=1S/C6H13NO11S3.3Na/c8-6-5(7-19(9)10)4(18-20(11)12)1-3(17-6)2-16-21(13,14)15;;;/h3-8H,1-2H2,(H,9,10)(H,11,12)(H,13,14,15);;;/q;3*+1/p-3/t3?,4-,5?,6?;;;/m0.../s1. The number of rotatable bonds is 7. The zero-order valence-electron chi connectivity index (χ0n) is 13.0. The molecular weight excluding hydrogens is 427 g/mol. The summed E-state index contributed by atoms with van der Waals surface area (Å²) in [6.45, 7) is -0.790. The normalized spacial score (nSPS) is 29.3. The van der Waals surface area contributed by atoms with E-state index in [0.29, 0.717) is 0 Å². The first-order valence-corrected chi connectivity index (χ1v) is 8.55. The van der Waals surface area contributed by atoms with Crippen LogP contribution in [-0.2, 0) is 46.1 Å². The fourth-order valence-electron chi connectivity index (χ4n) is 1.64. The molecule has 0 bridgehead atoms. The van der Waals surface area contributed by atoms with Crippen LogP contribution in [0.15, 0.2) is 0 Å². The van der Waals surface area contributed by atoms with Crippen molar-refractivity contribution in [3.8, 4) is 0 Å². The minimum Gasteiger partial charge on any atom is -0.760 e. The molecule has 1 fully saturated rings. The van der Waals surface area contributed by atoms with E-state index < -0.39 is 64.2 Å². The van der Waals surface area contributed by atoms with Crippen LogP contribution in [0, 0.1) is 0 Å². The van der Waals surface area contributed by atoms with Crippen LogP contribution in [0.2, 0.25) is 0 Å². The summed E-state index contributed by atoms with van der Waals surface area (Å²) in [5.74, 6) is 0. The van der Waals surface area contributed by atoms with Gasteiger partial charge in [0.05, 0.1) is 36.2 Å². The third-order valence-electron chi connectivity index (χ3n) is 2.37. The second kappa shape index (κ2) is 14.9. The molecule has 0 aromatic heterocycles. The van der Waals surface area contributed by atoms with Gasteiger partial charge in [-0.05, 0) is 0 Å². The number of aliphatic hydroxyl groups is 1. The van der Waals surface area contributed by atoms with Gasteiger partial charge in [0.1, 0.15) is 0 Å². The van der Waals surface area contributed by atoms with Crippen molar-refractivity contribution in [2.24, 2.45) is 0 Å². The molecular formula is C6H10NNa3O11S3. The number of ether oxygens (including phenoxy) is 1. The Hall–Kier alpha value is 2.93. The Labute approximate surface area is 209 Å². The first kappa shape index (κ1) is 31.6. The number of aliphatic hydroxyl groups excluding tert-OH is 1. The van der Waals surface area contributed by atoms with Gasteiger partial charge in [-0.25, -0.2) is 17.3 Å². The van der Waals surface area contributed by atoms with Crippen molar-refractivity contribution in [1.82, 2.24) is 4.72 Å². The van der Waals surface area contributed by atoms with E-state index >= 15 is 0 Å². The van der Waals surface area contributed by atoms with E-state index in [0.717, 1.165) is 0 Å². The average molecular weight is 437 g/mol. The molecule has 2 N–H and O–H groups in total. The van der Waals surface area contributed by atoms with Crippen LogP contribution in [0.25, 0.3) is 0 Å². The Bertz CT molecular complexity index is 507. The SMILES string of the molecule is O=S([O-])NC1C(O)OC(COS(=O)(=O)[O-])C[C@@H]1OS(=O)[O-].[Na+].[Na+].[Na+]. The van der Waals surface area contributed by atoms with Crippen molar-refractivity contribution in [3.05, 3.63) is 0 Å². The second-order valence-electron chi connectivity index (χ2n) is 3.79. The van der Waals surface area contributed by atoms with Gasteiger partial charge < -0.3 is 23.5 Å². The van der Waals surface area contributed by atoms with E-state index in [1.165, 1.54) is 0 Å². The van der Waals surface area contributed by atoms with Crippen molar-refractivity contribution >= 4 is 33.0 Å². The van der Waals surface area contributed by atoms with Crippen LogP contribution in [0.4, 0.5) is 0 Å². The molecule has 1 rings (SSSR count). The zero-order valence-corrected chi connectivity index (χ0v) is 21.4. The molecule has 6 atom stereocenters. The van der Waals surface area contributed by atoms with Crippen LogP contribution >= 0.6 is 0 Å². The molecule has 0 spiro atoms. The van der Waals surface area contributed by atoms with E-state index in [1.807, 2.05) is 0 Å². The molecule has 0 aliphatic carbocycles. The third-order valence-corrected chi connectivity index (χ3v) is 3.66. The molecule has 0 saturated carbocycles. The predicted octanol–water partition coefficient (Wildman–Crippen LogP) is -12.5. The molecule has 0 amide bonds. The summed E-state index contributed by atoms with van der Waals surface area (Å²) in [7, 11) is -5.00. The van der Waals surface area contributed by atoms with Crippen molar-refractivity contribution in [2.75, 3.05) is 6.61 Å². The second-order valence-corrected chi connectivity index (χ2v) is 6.15. The molecule has 1 heterocycles.